The molecule has 1 aromatic heterocycles. The van der Waals surface area contributed by atoms with Gasteiger partial charge in [-0.1, -0.05) is 0 Å². The lowest BCUT2D eigenvalue weighted by atomic mass is 10.1. The molecule has 0 fully saturated rings. The number of methoxy groups -OCH3 is 1. The molecule has 1 atom stereocenters. The standard InChI is InChI=1S/C10H15Cl2N7O2.ClH/c1-21-6(20)5(3-2-4-15-9(13)14)16-10-18-7(11)17-8(12)19-10;/h5H,2-4H2,1H3,(H4,13,14,15)(H,16,17,18,19);1H/t5-;/m0./s1. The zero-order chi connectivity index (χ0) is 15.8. The number of carbonyl (C=O) groups is 1. The molecular weight excluding hydrogens is 357 g/mol. The summed E-state index contributed by atoms with van der Waals surface area (Å²) in [6.45, 7) is 0.510. The van der Waals surface area contributed by atoms with Crippen LogP contribution in [0.15, 0.2) is 0 Å². The molecule has 0 saturated heterocycles. The third kappa shape index (κ3) is 7.43. The van der Waals surface area contributed by atoms with Crippen LogP contribution in [-0.4, -0.2) is 46.6 Å². The number of esters is 1. The molecule has 0 bridgehead atoms. The number of guanidine groups is 1. The van der Waals surface area contributed by atoms with Gasteiger partial charge in [0, 0.05) is 0 Å². The van der Waals surface area contributed by atoms with Crippen molar-refractivity contribution in [2.75, 3.05) is 19.0 Å². The Morgan fingerprint density at radius 1 is 1.32 bits per heavy atom. The number of ether oxygens (including phenoxy) is 1. The summed E-state index contributed by atoms with van der Waals surface area (Å²) < 4.78 is 4.71. The molecule has 0 saturated carbocycles. The second-order valence-electron chi connectivity index (χ2n) is 3.94. The fraction of sp³-hybridized carbons (Fsp3) is 0.500. The predicted molar refractivity (Wildman–Crippen MR) is 77.7 cm³/mol. The fourth-order valence-electron chi connectivity index (χ4n) is 1.48. The van der Waals surface area contributed by atoms with Crippen LogP contribution in [0.1, 0.15) is 12.8 Å². The highest BCUT2D eigenvalue weighted by Gasteiger charge is 2.20. The van der Waals surface area contributed by atoms with Crippen molar-refractivity contribution < 1.29 is 26.9 Å². The fourth-order valence-corrected chi connectivity index (χ4v) is 1.84. The first-order chi connectivity index (χ1) is 9.92. The Labute approximate surface area is 143 Å². The maximum Gasteiger partial charge on any atom is 0.338 e. The van der Waals surface area contributed by atoms with E-state index in [0.717, 1.165) is 0 Å². The molecule has 0 aliphatic heterocycles. The number of anilines is 1. The smallest absolute Gasteiger partial charge is 0.338 e. The average molecular weight is 373 g/mol. The first kappa shape index (κ1) is 20.4. The number of carbonyl (C=O) groups excluding carboxylic acids is 1. The quantitative estimate of drug-likeness (QED) is 0.162. The summed E-state index contributed by atoms with van der Waals surface area (Å²) in [5.41, 5.74) is 10.5. The SMILES string of the molecule is COC(=O)[C@H](CCC[NH+]=C(N)N)Nc1nc(Cl)nc(Cl)n1.[Cl-]. The Morgan fingerprint density at radius 2 is 1.91 bits per heavy atom. The Hall–Kier alpha value is -1.58. The van der Waals surface area contributed by atoms with Crippen LogP contribution in [0.3, 0.4) is 0 Å². The molecule has 0 aliphatic carbocycles. The second kappa shape index (κ2) is 10.2. The van der Waals surface area contributed by atoms with Crippen LogP contribution in [0.4, 0.5) is 5.95 Å². The molecule has 1 aromatic rings. The van der Waals surface area contributed by atoms with Crippen molar-refractivity contribution in [1.82, 2.24) is 15.0 Å². The maximum atomic E-state index is 11.7. The van der Waals surface area contributed by atoms with Gasteiger partial charge in [0.2, 0.25) is 16.5 Å². The third-order valence-corrected chi connectivity index (χ3v) is 2.71. The number of nitrogens with two attached hydrogens (primary N) is 2. The molecule has 124 valence electrons. The number of aromatic nitrogens is 3. The second-order valence-corrected chi connectivity index (χ2v) is 4.62. The Bertz CT molecular complexity index is 505. The Morgan fingerprint density at radius 3 is 2.41 bits per heavy atom. The minimum absolute atomic E-state index is 0. The molecule has 0 radical (unpaired) electrons. The van der Waals surface area contributed by atoms with Gasteiger partial charge in [-0.15, -0.1) is 0 Å². The largest absolute Gasteiger partial charge is 1.00 e. The first-order valence-corrected chi connectivity index (χ1v) is 6.71. The van der Waals surface area contributed by atoms with Gasteiger partial charge in [-0.2, -0.15) is 15.0 Å². The summed E-state index contributed by atoms with van der Waals surface area (Å²) in [4.78, 5) is 25.7. The number of halogens is 3. The van der Waals surface area contributed by atoms with Gasteiger partial charge in [0.15, 0.2) is 0 Å². The average Bonchev–Trinajstić information content (AvgIpc) is 2.40. The summed E-state index contributed by atoms with van der Waals surface area (Å²) >= 11 is 11.3. The van der Waals surface area contributed by atoms with E-state index < -0.39 is 12.0 Å². The molecule has 0 aromatic carbocycles. The van der Waals surface area contributed by atoms with Crippen LogP contribution < -0.4 is 34.2 Å². The predicted octanol–water partition coefficient (Wildman–Crippen LogP) is -4.73. The van der Waals surface area contributed by atoms with E-state index in [2.05, 4.69) is 25.3 Å². The molecule has 1 rings (SSSR count). The number of rotatable bonds is 7. The minimum atomic E-state index is -0.662. The van der Waals surface area contributed by atoms with Crippen molar-refractivity contribution in [1.29, 1.82) is 0 Å². The van der Waals surface area contributed by atoms with Crippen molar-refractivity contribution >= 4 is 41.1 Å². The molecule has 22 heavy (non-hydrogen) atoms. The van der Waals surface area contributed by atoms with E-state index in [1.807, 2.05) is 0 Å². The van der Waals surface area contributed by atoms with Gasteiger partial charge in [-0.25, -0.2) is 4.79 Å². The minimum Gasteiger partial charge on any atom is -1.00 e. The lowest BCUT2D eigenvalue weighted by molar-refractivity contribution is -0.459. The van der Waals surface area contributed by atoms with Gasteiger partial charge >= 0.3 is 11.9 Å². The summed E-state index contributed by atoms with van der Waals surface area (Å²) in [7, 11) is 1.29. The monoisotopic (exact) mass is 371 g/mol. The highest BCUT2D eigenvalue weighted by molar-refractivity contribution is 6.31. The molecule has 0 aliphatic rings. The van der Waals surface area contributed by atoms with E-state index in [4.69, 9.17) is 39.4 Å². The van der Waals surface area contributed by atoms with Crippen LogP contribution in [-0.2, 0) is 9.53 Å². The number of hydrogen-bond acceptors (Lipinski definition) is 6. The van der Waals surface area contributed by atoms with Gasteiger partial charge in [0.25, 0.3) is 0 Å². The van der Waals surface area contributed by atoms with E-state index in [9.17, 15) is 4.79 Å². The van der Waals surface area contributed by atoms with Crippen LogP contribution in [0.2, 0.25) is 10.6 Å². The van der Waals surface area contributed by atoms with Crippen LogP contribution >= 0.6 is 23.2 Å². The van der Waals surface area contributed by atoms with E-state index in [1.165, 1.54) is 7.11 Å². The normalized spacial score (nSPS) is 11.0. The van der Waals surface area contributed by atoms with Crippen molar-refractivity contribution in [3.05, 3.63) is 10.6 Å². The van der Waals surface area contributed by atoms with E-state index in [-0.39, 0.29) is 34.9 Å². The van der Waals surface area contributed by atoms with E-state index in [1.54, 1.807) is 0 Å². The third-order valence-electron chi connectivity index (χ3n) is 2.37. The number of hydrogen-bond donors (Lipinski definition) is 4. The molecule has 0 unspecified atom stereocenters. The first-order valence-electron chi connectivity index (χ1n) is 5.95. The number of nitrogens with zero attached hydrogens (tertiary/aromatic N) is 3. The summed E-state index contributed by atoms with van der Waals surface area (Å²) in [6, 6.07) is -0.662. The van der Waals surface area contributed by atoms with Crippen LogP contribution in [0.5, 0.6) is 0 Å². The molecule has 0 spiro atoms. The summed E-state index contributed by atoms with van der Waals surface area (Å²) in [5, 5.41) is 2.65. The van der Waals surface area contributed by atoms with Gasteiger partial charge in [0.1, 0.15) is 6.04 Å². The maximum absolute atomic E-state index is 11.7. The van der Waals surface area contributed by atoms with Crippen molar-refractivity contribution in [3.63, 3.8) is 0 Å². The van der Waals surface area contributed by atoms with Crippen molar-refractivity contribution in [2.45, 2.75) is 18.9 Å². The molecule has 1 heterocycles. The molecule has 0 amide bonds. The van der Waals surface area contributed by atoms with Crippen LogP contribution in [0.25, 0.3) is 0 Å². The zero-order valence-corrected chi connectivity index (χ0v) is 13.9. The van der Waals surface area contributed by atoms with Crippen LogP contribution in [0, 0.1) is 0 Å². The van der Waals surface area contributed by atoms with E-state index >= 15 is 0 Å². The Kier molecular flexibility index (Phi) is 9.46. The zero-order valence-electron chi connectivity index (χ0n) is 11.6. The molecule has 6 N–H and O–H groups in total. The molecule has 9 nitrogen and oxygen atoms in total. The highest BCUT2D eigenvalue weighted by atomic mass is 35.5. The van der Waals surface area contributed by atoms with Crippen molar-refractivity contribution in [2.24, 2.45) is 11.5 Å². The van der Waals surface area contributed by atoms with E-state index in [0.29, 0.717) is 19.4 Å². The van der Waals surface area contributed by atoms with Gasteiger partial charge in [-0.05, 0) is 36.0 Å². The highest BCUT2D eigenvalue weighted by Crippen LogP contribution is 2.12. The summed E-state index contributed by atoms with van der Waals surface area (Å²) in [6.07, 6.45) is 1.05. The Balaban J connectivity index is 0.00000441. The topological polar surface area (TPSA) is 143 Å². The van der Waals surface area contributed by atoms with Gasteiger partial charge in [0.05, 0.1) is 13.7 Å². The lowest BCUT2D eigenvalue weighted by Gasteiger charge is -2.15. The van der Waals surface area contributed by atoms with Gasteiger partial charge in [-0.3, -0.25) is 16.5 Å². The number of nitrogens with one attached hydrogen (secondary N) is 2. The molecular formula is C10H16Cl3N7O2. The lowest BCUT2D eigenvalue weighted by Crippen LogP contribution is -3.00. The van der Waals surface area contributed by atoms with Crippen molar-refractivity contribution in [3.8, 4) is 0 Å². The summed E-state index contributed by atoms with van der Waals surface area (Å²) in [5.74, 6) is -0.255. The van der Waals surface area contributed by atoms with Gasteiger partial charge < -0.3 is 22.5 Å². The molecule has 12 heteroatoms.